The van der Waals surface area contributed by atoms with Crippen molar-refractivity contribution in [3.63, 3.8) is 0 Å². The van der Waals surface area contributed by atoms with Gasteiger partial charge in [0.1, 0.15) is 17.1 Å². The summed E-state index contributed by atoms with van der Waals surface area (Å²) in [6.07, 6.45) is 1.97. The van der Waals surface area contributed by atoms with E-state index in [2.05, 4.69) is 5.32 Å². The second-order valence-corrected chi connectivity index (χ2v) is 6.33. The minimum absolute atomic E-state index is 0.684. The van der Waals surface area contributed by atoms with Gasteiger partial charge in [-0.25, -0.2) is 4.68 Å². The fourth-order valence-corrected chi connectivity index (χ4v) is 3.55. The van der Waals surface area contributed by atoms with Gasteiger partial charge in [-0.05, 0) is 38.1 Å². The third-order valence-electron chi connectivity index (χ3n) is 4.53. The highest BCUT2D eigenvalue weighted by Crippen LogP contribution is 2.49. The molecule has 0 aliphatic carbocycles. The fraction of sp³-hybridized carbons (Fsp3) is 0.150. The zero-order valence-electron chi connectivity index (χ0n) is 14.0. The van der Waals surface area contributed by atoms with E-state index in [1.54, 1.807) is 0 Å². The maximum atomic E-state index is 6.34. The maximum Gasteiger partial charge on any atom is 0.237 e. The molecule has 0 bridgehead atoms. The van der Waals surface area contributed by atoms with Gasteiger partial charge in [-0.2, -0.15) is 5.10 Å². The molecule has 2 aliphatic rings. The summed E-state index contributed by atoms with van der Waals surface area (Å²) in [6, 6.07) is 17.9. The highest BCUT2D eigenvalue weighted by molar-refractivity contribution is 5.66. The molecule has 0 fully saturated rings. The first-order valence-corrected chi connectivity index (χ1v) is 8.25. The zero-order chi connectivity index (χ0) is 17.0. The van der Waals surface area contributed by atoms with Crippen molar-refractivity contribution in [2.75, 3.05) is 5.32 Å². The third kappa shape index (κ3) is 1.99. The SMILES string of the molecule is CC1=C[C@@]2(Nc3ccccc3O2)c2c(C)nn(-c3ccccc3)c2O1. The Hall–Kier alpha value is -3.21. The number of anilines is 1. The van der Waals surface area contributed by atoms with E-state index >= 15 is 0 Å². The Labute approximate surface area is 145 Å². The number of rotatable bonds is 1. The molecule has 1 aromatic heterocycles. The van der Waals surface area contributed by atoms with Gasteiger partial charge < -0.3 is 14.8 Å². The van der Waals surface area contributed by atoms with Crippen molar-refractivity contribution in [3.05, 3.63) is 77.7 Å². The maximum absolute atomic E-state index is 6.34. The van der Waals surface area contributed by atoms with Crippen LogP contribution in [0.2, 0.25) is 0 Å². The molecule has 0 saturated carbocycles. The van der Waals surface area contributed by atoms with E-state index in [4.69, 9.17) is 14.6 Å². The van der Waals surface area contributed by atoms with Gasteiger partial charge in [-0.15, -0.1) is 0 Å². The van der Waals surface area contributed by atoms with Crippen LogP contribution in [0, 0.1) is 6.92 Å². The fourth-order valence-electron chi connectivity index (χ4n) is 3.55. The lowest BCUT2D eigenvalue weighted by molar-refractivity contribution is 0.153. The normalized spacial score (nSPS) is 20.2. The number of nitrogens with zero attached hydrogens (tertiary/aromatic N) is 2. The summed E-state index contributed by atoms with van der Waals surface area (Å²) in [5, 5.41) is 8.23. The van der Waals surface area contributed by atoms with E-state index in [0.717, 1.165) is 34.1 Å². The molecular weight excluding hydrogens is 314 g/mol. The molecule has 1 atom stereocenters. The zero-order valence-corrected chi connectivity index (χ0v) is 14.0. The van der Waals surface area contributed by atoms with Gasteiger partial charge >= 0.3 is 0 Å². The molecule has 124 valence electrons. The number of hydrogen-bond donors (Lipinski definition) is 1. The van der Waals surface area contributed by atoms with Gasteiger partial charge in [0.2, 0.25) is 11.6 Å². The number of nitrogens with one attached hydrogen (secondary N) is 1. The minimum atomic E-state index is -0.793. The largest absolute Gasteiger partial charge is 0.458 e. The van der Waals surface area contributed by atoms with Gasteiger partial charge in [-0.3, -0.25) is 0 Å². The van der Waals surface area contributed by atoms with Crippen LogP contribution in [0.4, 0.5) is 5.69 Å². The monoisotopic (exact) mass is 331 g/mol. The van der Waals surface area contributed by atoms with Crippen molar-refractivity contribution < 1.29 is 9.47 Å². The smallest absolute Gasteiger partial charge is 0.237 e. The Bertz CT molecular complexity index is 980. The van der Waals surface area contributed by atoms with E-state index in [1.807, 2.05) is 79.2 Å². The minimum Gasteiger partial charge on any atom is -0.458 e. The van der Waals surface area contributed by atoms with Crippen molar-refractivity contribution in [2.45, 2.75) is 19.6 Å². The standard InChI is InChI=1S/C20H17N3O2/c1-13-12-20(21-16-10-6-7-11-17(16)25-20)18-14(2)22-23(19(18)24-13)15-8-4-3-5-9-15/h3-12,21H,1-2H3/t20-/m0/s1. The van der Waals surface area contributed by atoms with Crippen molar-refractivity contribution in [1.29, 1.82) is 0 Å². The quantitative estimate of drug-likeness (QED) is 0.728. The first-order chi connectivity index (χ1) is 12.2. The molecule has 3 heterocycles. The number of ether oxygens (including phenoxy) is 2. The molecular formula is C20H17N3O2. The van der Waals surface area contributed by atoms with Gasteiger partial charge in [0, 0.05) is 6.08 Å². The highest BCUT2D eigenvalue weighted by atomic mass is 16.5. The second kappa shape index (κ2) is 4.89. The van der Waals surface area contributed by atoms with Crippen molar-refractivity contribution in [2.24, 2.45) is 0 Å². The molecule has 5 rings (SSSR count). The van der Waals surface area contributed by atoms with E-state index in [9.17, 15) is 0 Å². The summed E-state index contributed by atoms with van der Waals surface area (Å²) in [6.45, 7) is 3.91. The van der Waals surface area contributed by atoms with E-state index < -0.39 is 5.72 Å². The summed E-state index contributed by atoms with van der Waals surface area (Å²) in [5.74, 6) is 2.28. The number of fused-ring (bicyclic) bond motifs is 3. The third-order valence-corrected chi connectivity index (χ3v) is 4.53. The molecule has 3 aromatic rings. The lowest BCUT2D eigenvalue weighted by Gasteiger charge is -2.31. The Morgan fingerprint density at radius 2 is 1.76 bits per heavy atom. The summed E-state index contributed by atoms with van der Waals surface area (Å²) >= 11 is 0. The van der Waals surface area contributed by atoms with E-state index in [0.29, 0.717) is 5.88 Å². The molecule has 0 radical (unpaired) electrons. The van der Waals surface area contributed by atoms with Crippen LogP contribution in [-0.2, 0) is 5.72 Å². The van der Waals surface area contributed by atoms with Crippen molar-refractivity contribution in [1.82, 2.24) is 9.78 Å². The van der Waals surface area contributed by atoms with Crippen molar-refractivity contribution >= 4 is 5.69 Å². The van der Waals surface area contributed by atoms with Gasteiger partial charge in [-0.1, -0.05) is 30.3 Å². The van der Waals surface area contributed by atoms with E-state index in [1.165, 1.54) is 0 Å². The van der Waals surface area contributed by atoms with Crippen LogP contribution in [0.15, 0.2) is 66.4 Å². The lowest BCUT2D eigenvalue weighted by Crippen LogP contribution is -2.38. The lowest BCUT2D eigenvalue weighted by atomic mass is 10.0. The second-order valence-electron chi connectivity index (χ2n) is 6.33. The molecule has 2 aliphatic heterocycles. The average molecular weight is 331 g/mol. The summed E-state index contributed by atoms with van der Waals surface area (Å²) in [5.41, 5.74) is 2.89. The Morgan fingerprint density at radius 1 is 1.00 bits per heavy atom. The predicted molar refractivity (Wildman–Crippen MR) is 95.1 cm³/mol. The number of aryl methyl sites for hydroxylation is 1. The van der Waals surface area contributed by atoms with Crippen LogP contribution in [0.25, 0.3) is 5.69 Å². The van der Waals surface area contributed by atoms with Gasteiger partial charge in [0.25, 0.3) is 0 Å². The number of hydrogen-bond acceptors (Lipinski definition) is 4. The number of aromatic nitrogens is 2. The highest BCUT2D eigenvalue weighted by Gasteiger charge is 2.47. The summed E-state index contributed by atoms with van der Waals surface area (Å²) in [7, 11) is 0. The molecule has 1 spiro atoms. The Morgan fingerprint density at radius 3 is 2.56 bits per heavy atom. The topological polar surface area (TPSA) is 48.3 Å². The first kappa shape index (κ1) is 14.2. The van der Waals surface area contributed by atoms with E-state index in [-0.39, 0.29) is 0 Å². The molecule has 5 heteroatoms. The number of benzene rings is 2. The molecule has 2 aromatic carbocycles. The summed E-state index contributed by atoms with van der Waals surface area (Å²) in [4.78, 5) is 0. The van der Waals surface area contributed by atoms with Crippen LogP contribution in [0.1, 0.15) is 18.2 Å². The molecule has 0 saturated heterocycles. The summed E-state index contributed by atoms with van der Waals surface area (Å²) < 4.78 is 14.2. The van der Waals surface area contributed by atoms with Crippen molar-refractivity contribution in [3.8, 4) is 17.3 Å². The van der Waals surface area contributed by atoms with Crippen LogP contribution in [0.5, 0.6) is 11.6 Å². The number of allylic oxidation sites excluding steroid dienone is 1. The average Bonchev–Trinajstić information content (AvgIpc) is 3.13. The predicted octanol–water partition coefficient (Wildman–Crippen LogP) is 4.13. The number of para-hydroxylation sites is 3. The molecule has 25 heavy (non-hydrogen) atoms. The molecule has 1 N–H and O–H groups in total. The van der Waals surface area contributed by atoms with Crippen LogP contribution >= 0.6 is 0 Å². The first-order valence-electron chi connectivity index (χ1n) is 8.25. The Balaban J connectivity index is 1.71. The van der Waals surface area contributed by atoms with Gasteiger partial charge in [0.15, 0.2) is 0 Å². The molecule has 0 amide bonds. The van der Waals surface area contributed by atoms with Gasteiger partial charge in [0.05, 0.1) is 17.1 Å². The molecule has 0 unspecified atom stereocenters. The Kier molecular flexibility index (Phi) is 2.77. The van der Waals surface area contributed by atoms with Crippen LogP contribution in [-0.4, -0.2) is 9.78 Å². The molecule has 5 nitrogen and oxygen atoms in total. The van der Waals surface area contributed by atoms with Crippen LogP contribution in [0.3, 0.4) is 0 Å². The van der Waals surface area contributed by atoms with Crippen LogP contribution < -0.4 is 14.8 Å².